The maximum atomic E-state index is 13.6. The van der Waals surface area contributed by atoms with E-state index in [1.807, 2.05) is 0 Å². The van der Waals surface area contributed by atoms with Crippen LogP contribution in [0.4, 0.5) is 32.0 Å². The first-order valence-electron chi connectivity index (χ1n) is 10.9. The molecule has 1 aromatic heterocycles. The minimum atomic E-state index is -4.86. The third kappa shape index (κ3) is 5.81. The van der Waals surface area contributed by atoms with E-state index in [1.54, 1.807) is 31.3 Å². The Morgan fingerprint density at radius 2 is 1.46 bits per heavy atom. The Morgan fingerprint density at radius 3 is 2.00 bits per heavy atom. The normalized spacial score (nSPS) is 12.9. The molecule has 0 aliphatic heterocycles. The van der Waals surface area contributed by atoms with E-state index in [9.17, 15) is 36.6 Å². The highest BCUT2D eigenvalue weighted by molar-refractivity contribution is 5.81. The van der Waals surface area contributed by atoms with Crippen LogP contribution in [0.1, 0.15) is 22.3 Å². The van der Waals surface area contributed by atoms with Gasteiger partial charge in [-0.1, -0.05) is 24.3 Å². The molecule has 37 heavy (non-hydrogen) atoms. The lowest BCUT2D eigenvalue weighted by Crippen LogP contribution is -2.24. The van der Waals surface area contributed by atoms with Crippen molar-refractivity contribution in [2.45, 2.75) is 32.3 Å². The maximum Gasteiger partial charge on any atom is 0.573 e. The first kappa shape index (κ1) is 26.3. The number of alkyl halides is 6. The molecule has 4 rings (SSSR count). The van der Waals surface area contributed by atoms with Crippen molar-refractivity contribution in [3.05, 3.63) is 88.5 Å². The molecule has 0 aliphatic carbocycles. The van der Waals surface area contributed by atoms with Crippen molar-refractivity contribution in [2.75, 3.05) is 0 Å². The maximum absolute atomic E-state index is 13.6. The molecule has 12 heteroatoms. The second-order valence-electron chi connectivity index (χ2n) is 8.23. The van der Waals surface area contributed by atoms with Crippen LogP contribution >= 0.6 is 0 Å². The topological polar surface area (TPSA) is 71.9 Å². The zero-order valence-electron chi connectivity index (χ0n) is 19.3. The van der Waals surface area contributed by atoms with Gasteiger partial charge in [-0.2, -0.15) is 13.2 Å². The minimum absolute atomic E-state index is 0.0343. The predicted octanol–water partition coefficient (Wildman–Crippen LogP) is 5.16. The van der Waals surface area contributed by atoms with Crippen LogP contribution in [0.25, 0.3) is 11.0 Å². The Morgan fingerprint density at radius 1 is 0.838 bits per heavy atom. The second-order valence-corrected chi connectivity index (χ2v) is 8.23. The Bertz CT molecular complexity index is 1470. The number of aryl methyl sites for hydroxylation is 1. The number of halogens is 6. The minimum Gasteiger partial charge on any atom is -0.406 e. The van der Waals surface area contributed by atoms with Crippen molar-refractivity contribution >= 4 is 16.7 Å². The van der Waals surface area contributed by atoms with Gasteiger partial charge in [-0.05, 0) is 47.5 Å². The van der Waals surface area contributed by atoms with E-state index in [0.717, 1.165) is 24.3 Å². The molecule has 0 radical (unpaired) electrons. The first-order chi connectivity index (χ1) is 17.4. The number of benzene rings is 3. The van der Waals surface area contributed by atoms with Gasteiger partial charge in [-0.3, -0.25) is 0 Å². The number of imidazole rings is 1. The summed E-state index contributed by atoms with van der Waals surface area (Å²) >= 11 is 0. The summed E-state index contributed by atoms with van der Waals surface area (Å²) in [7, 11) is 1.57. The number of fused-ring (bicyclic) bond motifs is 1. The van der Waals surface area contributed by atoms with E-state index in [0.29, 0.717) is 16.6 Å². The van der Waals surface area contributed by atoms with Crippen LogP contribution in [-0.2, 0) is 33.0 Å². The van der Waals surface area contributed by atoms with Gasteiger partial charge in [-0.25, -0.2) is 4.99 Å². The number of aliphatic hydroxyl groups excluding tert-OH is 2. The monoisotopic (exact) mass is 525 g/mol. The van der Waals surface area contributed by atoms with E-state index in [1.165, 1.54) is 21.3 Å². The number of hydrogen-bond acceptors (Lipinski definition) is 4. The molecule has 0 atom stereocenters. The summed E-state index contributed by atoms with van der Waals surface area (Å²) in [5.41, 5.74) is 1.34. The smallest absolute Gasteiger partial charge is 0.406 e. The van der Waals surface area contributed by atoms with Crippen LogP contribution in [0.2, 0.25) is 0 Å². The van der Waals surface area contributed by atoms with Crippen LogP contribution in [0.5, 0.6) is 5.75 Å². The molecule has 0 unspecified atom stereocenters. The summed E-state index contributed by atoms with van der Waals surface area (Å²) in [4.78, 5) is 4.50. The van der Waals surface area contributed by atoms with Crippen molar-refractivity contribution < 1.29 is 41.3 Å². The summed E-state index contributed by atoms with van der Waals surface area (Å²) in [6.07, 6.45) is -9.53. The molecule has 0 saturated carbocycles. The van der Waals surface area contributed by atoms with Gasteiger partial charge in [0, 0.05) is 12.6 Å². The lowest BCUT2D eigenvalue weighted by atomic mass is 10.1. The Balaban J connectivity index is 1.93. The van der Waals surface area contributed by atoms with E-state index in [-0.39, 0.29) is 35.5 Å². The molecule has 0 bridgehead atoms. The van der Waals surface area contributed by atoms with Gasteiger partial charge in [0.25, 0.3) is 0 Å². The molecule has 0 saturated heterocycles. The second kappa shape index (κ2) is 9.94. The van der Waals surface area contributed by atoms with Crippen molar-refractivity contribution in [3.63, 3.8) is 0 Å². The van der Waals surface area contributed by atoms with Crippen LogP contribution in [-0.4, -0.2) is 25.7 Å². The van der Waals surface area contributed by atoms with Crippen molar-refractivity contribution in [1.29, 1.82) is 0 Å². The van der Waals surface area contributed by atoms with Gasteiger partial charge >= 0.3 is 12.5 Å². The molecular weight excluding hydrogens is 504 g/mol. The molecular formula is C25H21F6N3O3. The number of aliphatic hydroxyl groups is 2. The summed E-state index contributed by atoms with van der Waals surface area (Å²) < 4.78 is 85.3. The summed E-state index contributed by atoms with van der Waals surface area (Å²) in [5, 5.41) is 19.2. The van der Waals surface area contributed by atoms with Gasteiger partial charge in [0.2, 0.25) is 5.62 Å². The molecule has 2 N–H and O–H groups in total. The summed E-state index contributed by atoms with van der Waals surface area (Å²) in [6.45, 7) is -0.749. The molecule has 3 aromatic carbocycles. The highest BCUT2D eigenvalue weighted by Crippen LogP contribution is 2.33. The van der Waals surface area contributed by atoms with E-state index in [4.69, 9.17) is 0 Å². The zero-order valence-corrected chi connectivity index (χ0v) is 19.3. The zero-order chi connectivity index (χ0) is 27.0. The fourth-order valence-electron chi connectivity index (χ4n) is 4.01. The first-order valence-corrected chi connectivity index (χ1v) is 10.9. The summed E-state index contributed by atoms with van der Waals surface area (Å²) in [6, 6.07) is 13.3. The SMILES string of the molecule is Cn1c(=Nc2ccc(OC(F)(F)F)cc2)n(Cc2ccc(CO)cc2)c2cc(C(F)(F)F)cc(CO)c21. The number of aromatic nitrogens is 2. The van der Waals surface area contributed by atoms with Crippen LogP contribution in [0, 0.1) is 0 Å². The number of hydrogen-bond donors (Lipinski definition) is 2. The van der Waals surface area contributed by atoms with Crippen LogP contribution < -0.4 is 10.4 Å². The van der Waals surface area contributed by atoms with Gasteiger partial charge < -0.3 is 24.1 Å². The largest absolute Gasteiger partial charge is 0.573 e. The van der Waals surface area contributed by atoms with Crippen molar-refractivity contribution in [3.8, 4) is 5.75 Å². The third-order valence-electron chi connectivity index (χ3n) is 5.68. The van der Waals surface area contributed by atoms with Crippen LogP contribution in [0.15, 0.2) is 65.7 Å². The standard InChI is InChI=1S/C25H21F6N3O3/c1-33-22-17(14-36)10-18(24(26,27)28)11-21(22)34(12-15-2-4-16(13-35)5-3-15)23(33)32-19-6-8-20(9-7-19)37-25(29,30)31/h2-11,35-36H,12-14H2,1H3. The highest BCUT2D eigenvalue weighted by atomic mass is 19.4. The van der Waals surface area contributed by atoms with Gasteiger partial charge in [0.1, 0.15) is 5.75 Å². The van der Waals surface area contributed by atoms with Gasteiger partial charge in [0.15, 0.2) is 0 Å². The molecule has 0 spiro atoms. The molecule has 0 amide bonds. The molecule has 6 nitrogen and oxygen atoms in total. The quantitative estimate of drug-likeness (QED) is 0.342. The van der Waals surface area contributed by atoms with Gasteiger partial charge in [0.05, 0.1) is 42.0 Å². The van der Waals surface area contributed by atoms with Crippen molar-refractivity contribution in [1.82, 2.24) is 9.13 Å². The van der Waals surface area contributed by atoms with E-state index >= 15 is 0 Å². The number of rotatable bonds is 6. The van der Waals surface area contributed by atoms with Gasteiger partial charge in [-0.15, -0.1) is 13.2 Å². The molecule has 1 heterocycles. The third-order valence-corrected chi connectivity index (χ3v) is 5.68. The predicted molar refractivity (Wildman–Crippen MR) is 122 cm³/mol. The number of ether oxygens (including phenoxy) is 1. The average molecular weight is 525 g/mol. The molecule has 4 aromatic rings. The van der Waals surface area contributed by atoms with Crippen molar-refractivity contribution in [2.24, 2.45) is 12.0 Å². The Hall–Kier alpha value is -3.77. The lowest BCUT2D eigenvalue weighted by Gasteiger charge is -2.11. The fraction of sp³-hybridized carbons (Fsp3) is 0.240. The molecule has 0 aliphatic rings. The van der Waals surface area contributed by atoms with E-state index < -0.39 is 30.5 Å². The number of nitrogens with zero attached hydrogens (tertiary/aromatic N) is 3. The summed E-state index contributed by atoms with van der Waals surface area (Å²) in [5.74, 6) is -0.447. The lowest BCUT2D eigenvalue weighted by molar-refractivity contribution is -0.274. The Kier molecular flexibility index (Phi) is 7.07. The Labute approximate surface area is 206 Å². The van der Waals surface area contributed by atoms with Crippen LogP contribution in [0.3, 0.4) is 0 Å². The molecule has 196 valence electrons. The molecule has 0 fully saturated rings. The highest BCUT2D eigenvalue weighted by Gasteiger charge is 2.33. The average Bonchev–Trinajstić information content (AvgIpc) is 3.09. The fourth-order valence-corrected chi connectivity index (χ4v) is 4.01. The van der Waals surface area contributed by atoms with E-state index in [2.05, 4.69) is 9.73 Å².